The topological polar surface area (TPSA) is 113 Å². The molecule has 2 fully saturated rings. The summed E-state index contributed by atoms with van der Waals surface area (Å²) in [6.45, 7) is 5.21. The third-order valence-electron chi connectivity index (χ3n) is 8.23. The minimum atomic E-state index is -0.00473. The van der Waals surface area contributed by atoms with Crippen molar-refractivity contribution in [2.45, 2.75) is 50.9 Å². The molecular weight excluding hydrogens is 520 g/mol. The largest absolute Gasteiger partial charge is 0.462 e. The number of aromatic amines is 2. The van der Waals surface area contributed by atoms with Crippen molar-refractivity contribution in [3.63, 3.8) is 0 Å². The molecule has 0 aliphatic carbocycles. The van der Waals surface area contributed by atoms with E-state index in [1.807, 2.05) is 69.8 Å². The van der Waals surface area contributed by atoms with Gasteiger partial charge in [0.05, 0.1) is 28.6 Å². The van der Waals surface area contributed by atoms with Crippen LogP contribution in [-0.4, -0.2) is 57.3 Å². The van der Waals surface area contributed by atoms with Crippen molar-refractivity contribution in [2.24, 2.45) is 0 Å². The van der Waals surface area contributed by atoms with Gasteiger partial charge in [0.25, 0.3) is 0 Å². The molecule has 0 atom stereocenters. The van der Waals surface area contributed by atoms with Crippen LogP contribution >= 0.6 is 0 Å². The summed E-state index contributed by atoms with van der Waals surface area (Å²) in [6, 6.07) is 20.4. The van der Waals surface area contributed by atoms with Gasteiger partial charge in [-0.3, -0.25) is 14.0 Å². The van der Waals surface area contributed by atoms with Gasteiger partial charge in [0.2, 0.25) is 0 Å². The maximum absolute atomic E-state index is 12.3. The number of H-pyrrole nitrogens is 2. The standard InChI is InChI=1S/C19H23N3O3.C12H15N3O/c1-24-13-16-7-6-15(25-16)12-21-10-8-14(9-11-21)22-18-5-3-2-4-17(18)20-19(22)23;16-12-14-10-3-1-2-4-11(10)15(12)9-5-7-13-8-6-9/h2-7,14H,8-13H2,1H3,(H,20,23);1-4,9,13H,5-8H2,(H,14,16). The first-order valence-electron chi connectivity index (χ1n) is 14.5. The monoisotopic (exact) mass is 558 g/mol. The summed E-state index contributed by atoms with van der Waals surface area (Å²) in [6.07, 6.45) is 3.99. The molecule has 0 radical (unpaired) electrons. The highest BCUT2D eigenvalue weighted by molar-refractivity contribution is 5.75. The Morgan fingerprint density at radius 1 is 0.756 bits per heavy atom. The molecule has 41 heavy (non-hydrogen) atoms. The highest BCUT2D eigenvalue weighted by Crippen LogP contribution is 2.26. The van der Waals surface area contributed by atoms with Gasteiger partial charge in [0, 0.05) is 32.3 Å². The Kier molecular flexibility index (Phi) is 8.22. The molecule has 10 heteroatoms. The Morgan fingerprint density at radius 3 is 1.88 bits per heavy atom. The van der Waals surface area contributed by atoms with Crippen LogP contribution in [0, 0.1) is 0 Å². The molecule has 0 spiro atoms. The quantitative estimate of drug-likeness (QED) is 0.289. The number of likely N-dealkylation sites (tertiary alicyclic amines) is 1. The van der Waals surface area contributed by atoms with Gasteiger partial charge >= 0.3 is 11.4 Å². The Morgan fingerprint density at radius 2 is 1.29 bits per heavy atom. The summed E-state index contributed by atoms with van der Waals surface area (Å²) < 4.78 is 14.7. The molecule has 0 amide bonds. The number of rotatable bonds is 6. The van der Waals surface area contributed by atoms with Crippen LogP contribution in [0.5, 0.6) is 0 Å². The summed E-state index contributed by atoms with van der Waals surface area (Å²) in [7, 11) is 1.67. The van der Waals surface area contributed by atoms with Gasteiger partial charge in [0.15, 0.2) is 0 Å². The average molecular weight is 559 g/mol. The molecule has 2 saturated heterocycles. The fourth-order valence-electron chi connectivity index (χ4n) is 6.22. The van der Waals surface area contributed by atoms with Crippen LogP contribution in [-0.2, 0) is 17.9 Å². The lowest BCUT2D eigenvalue weighted by molar-refractivity contribution is 0.149. The van der Waals surface area contributed by atoms with Gasteiger partial charge in [-0.15, -0.1) is 0 Å². The Balaban J connectivity index is 0.000000162. The second-order valence-corrected chi connectivity index (χ2v) is 10.9. The number of aromatic nitrogens is 4. The molecule has 3 N–H and O–H groups in total. The first kappa shape index (κ1) is 27.3. The molecule has 216 valence electrons. The lowest BCUT2D eigenvalue weighted by Crippen LogP contribution is -2.36. The summed E-state index contributed by atoms with van der Waals surface area (Å²) in [5.41, 5.74) is 3.89. The van der Waals surface area contributed by atoms with E-state index in [0.29, 0.717) is 12.6 Å². The third-order valence-corrected chi connectivity index (χ3v) is 8.23. The van der Waals surface area contributed by atoms with Gasteiger partial charge in [-0.1, -0.05) is 24.3 Å². The number of hydrogen-bond acceptors (Lipinski definition) is 6. The van der Waals surface area contributed by atoms with E-state index < -0.39 is 0 Å². The number of hydrogen-bond donors (Lipinski definition) is 3. The SMILES string of the molecule is COCc1ccc(CN2CCC(n3c(=O)[nH]c4ccccc43)CC2)o1.O=c1[nH]c2ccccc2n1C1CCNCC1. The number of piperidine rings is 2. The lowest BCUT2D eigenvalue weighted by Gasteiger charge is -2.31. The van der Waals surface area contributed by atoms with Gasteiger partial charge in [-0.2, -0.15) is 0 Å². The molecule has 3 aromatic heterocycles. The second kappa shape index (κ2) is 12.3. The molecular formula is C31H38N6O4. The molecule has 2 aliphatic heterocycles. The van der Waals surface area contributed by atoms with E-state index in [1.165, 1.54) is 0 Å². The molecule has 0 bridgehead atoms. The fraction of sp³-hybridized carbons (Fsp3) is 0.419. The van der Waals surface area contributed by atoms with Crippen LogP contribution in [0.4, 0.5) is 0 Å². The van der Waals surface area contributed by atoms with E-state index in [0.717, 1.165) is 92.0 Å². The summed E-state index contributed by atoms with van der Waals surface area (Å²) >= 11 is 0. The minimum Gasteiger partial charge on any atom is -0.462 e. The van der Waals surface area contributed by atoms with Crippen molar-refractivity contribution in [1.29, 1.82) is 0 Å². The van der Waals surface area contributed by atoms with Crippen molar-refractivity contribution >= 4 is 22.1 Å². The molecule has 7 rings (SSSR count). The summed E-state index contributed by atoms with van der Waals surface area (Å²) in [4.78, 5) is 32.5. The number of furan rings is 1. The number of nitrogens with one attached hydrogen (secondary N) is 3. The zero-order chi connectivity index (χ0) is 28.2. The first-order valence-corrected chi connectivity index (χ1v) is 14.5. The number of fused-ring (bicyclic) bond motifs is 2. The predicted octanol–water partition coefficient (Wildman–Crippen LogP) is 4.16. The molecule has 2 aromatic carbocycles. The Labute approximate surface area is 237 Å². The van der Waals surface area contributed by atoms with Gasteiger partial charge in [-0.25, -0.2) is 9.59 Å². The van der Waals surface area contributed by atoms with E-state index in [1.54, 1.807) is 7.11 Å². The summed E-state index contributed by atoms with van der Waals surface area (Å²) in [5.74, 6) is 1.83. The molecule has 5 aromatic rings. The Bertz CT molecular complexity index is 1690. The lowest BCUT2D eigenvalue weighted by atomic mass is 10.0. The summed E-state index contributed by atoms with van der Waals surface area (Å²) in [5, 5.41) is 3.32. The molecule has 0 saturated carbocycles. The van der Waals surface area contributed by atoms with E-state index in [4.69, 9.17) is 9.15 Å². The van der Waals surface area contributed by atoms with E-state index in [2.05, 4.69) is 20.2 Å². The van der Waals surface area contributed by atoms with Crippen molar-refractivity contribution in [1.82, 2.24) is 29.3 Å². The minimum absolute atomic E-state index is 0.00473. The molecule has 0 unspecified atom stereocenters. The second-order valence-electron chi connectivity index (χ2n) is 10.9. The third kappa shape index (κ3) is 5.95. The molecule has 5 heterocycles. The first-order chi connectivity index (χ1) is 20.1. The Hall–Kier alpha value is -3.86. The highest BCUT2D eigenvalue weighted by Gasteiger charge is 2.24. The number of ether oxygens (including phenoxy) is 1. The smallest absolute Gasteiger partial charge is 0.326 e. The molecule has 10 nitrogen and oxygen atoms in total. The van der Waals surface area contributed by atoms with Crippen LogP contribution in [0.25, 0.3) is 22.1 Å². The van der Waals surface area contributed by atoms with Crippen LogP contribution in [0.2, 0.25) is 0 Å². The number of methoxy groups -OCH3 is 1. The normalized spacial score (nSPS) is 17.2. The van der Waals surface area contributed by atoms with Gasteiger partial charge < -0.3 is 24.4 Å². The van der Waals surface area contributed by atoms with Gasteiger partial charge in [0.1, 0.15) is 18.1 Å². The number of para-hydroxylation sites is 4. The van der Waals surface area contributed by atoms with Crippen LogP contribution in [0.15, 0.2) is 74.7 Å². The number of nitrogens with zero attached hydrogens (tertiary/aromatic N) is 3. The van der Waals surface area contributed by atoms with E-state index in [9.17, 15) is 9.59 Å². The zero-order valence-electron chi connectivity index (χ0n) is 23.5. The van der Waals surface area contributed by atoms with Crippen molar-refractivity contribution < 1.29 is 9.15 Å². The average Bonchev–Trinajstić information content (AvgIpc) is 3.68. The van der Waals surface area contributed by atoms with Crippen LogP contribution in [0.3, 0.4) is 0 Å². The predicted molar refractivity (Wildman–Crippen MR) is 159 cm³/mol. The van der Waals surface area contributed by atoms with Crippen molar-refractivity contribution in [2.75, 3.05) is 33.3 Å². The van der Waals surface area contributed by atoms with Crippen molar-refractivity contribution in [3.05, 3.63) is 93.2 Å². The fourth-order valence-corrected chi connectivity index (χ4v) is 6.22. The van der Waals surface area contributed by atoms with Crippen molar-refractivity contribution in [3.8, 4) is 0 Å². The number of imidazole rings is 2. The van der Waals surface area contributed by atoms with Crippen LogP contribution < -0.4 is 16.7 Å². The number of benzene rings is 2. The van der Waals surface area contributed by atoms with Gasteiger partial charge in [-0.05, 0) is 75.2 Å². The van der Waals surface area contributed by atoms with Crippen LogP contribution in [0.1, 0.15) is 49.3 Å². The maximum Gasteiger partial charge on any atom is 0.326 e. The highest BCUT2D eigenvalue weighted by atomic mass is 16.5. The zero-order valence-corrected chi connectivity index (χ0v) is 23.5. The maximum atomic E-state index is 12.3. The van der Waals surface area contributed by atoms with E-state index >= 15 is 0 Å². The van der Waals surface area contributed by atoms with E-state index in [-0.39, 0.29) is 17.4 Å². The molecule has 2 aliphatic rings.